The Labute approximate surface area is 119 Å². The fraction of sp³-hybridized carbons (Fsp3) is 0.692. The SMILES string of the molecule is CC(C)NCc1csc(S(=O)(=O)NC2CCCC2)c1. The Morgan fingerprint density at radius 2 is 2.05 bits per heavy atom. The van der Waals surface area contributed by atoms with E-state index in [-0.39, 0.29) is 6.04 Å². The monoisotopic (exact) mass is 302 g/mol. The van der Waals surface area contributed by atoms with E-state index < -0.39 is 10.0 Å². The van der Waals surface area contributed by atoms with E-state index in [0.29, 0.717) is 16.8 Å². The molecule has 0 saturated heterocycles. The molecular weight excluding hydrogens is 280 g/mol. The first-order valence-corrected chi connectivity index (χ1v) is 9.17. The highest BCUT2D eigenvalue weighted by Gasteiger charge is 2.24. The van der Waals surface area contributed by atoms with Gasteiger partial charge in [-0.3, -0.25) is 0 Å². The lowest BCUT2D eigenvalue weighted by molar-refractivity contribution is 0.554. The molecule has 1 heterocycles. The van der Waals surface area contributed by atoms with Crippen LogP contribution in [0.15, 0.2) is 15.7 Å². The molecule has 0 unspecified atom stereocenters. The van der Waals surface area contributed by atoms with E-state index >= 15 is 0 Å². The van der Waals surface area contributed by atoms with E-state index in [1.807, 2.05) is 5.38 Å². The van der Waals surface area contributed by atoms with Crippen LogP contribution in [0.2, 0.25) is 0 Å². The summed E-state index contributed by atoms with van der Waals surface area (Å²) in [6.45, 7) is 4.87. The van der Waals surface area contributed by atoms with Gasteiger partial charge in [0.15, 0.2) is 0 Å². The summed E-state index contributed by atoms with van der Waals surface area (Å²) in [6.07, 6.45) is 4.18. The molecule has 0 amide bonds. The van der Waals surface area contributed by atoms with Crippen LogP contribution in [0, 0.1) is 0 Å². The van der Waals surface area contributed by atoms with Crippen molar-refractivity contribution in [1.82, 2.24) is 10.0 Å². The molecule has 108 valence electrons. The van der Waals surface area contributed by atoms with Gasteiger partial charge in [-0.15, -0.1) is 11.3 Å². The van der Waals surface area contributed by atoms with Crippen LogP contribution < -0.4 is 10.0 Å². The zero-order valence-corrected chi connectivity index (χ0v) is 13.1. The quantitative estimate of drug-likeness (QED) is 0.848. The van der Waals surface area contributed by atoms with Gasteiger partial charge in [-0.25, -0.2) is 13.1 Å². The standard InChI is InChI=1S/C13H22N2O2S2/c1-10(2)14-8-11-7-13(18-9-11)19(16,17)15-12-5-3-4-6-12/h7,9-10,12,14-15H,3-6,8H2,1-2H3. The molecule has 4 nitrogen and oxygen atoms in total. The van der Waals surface area contributed by atoms with Gasteiger partial charge in [0, 0.05) is 18.6 Å². The first-order valence-electron chi connectivity index (χ1n) is 6.80. The van der Waals surface area contributed by atoms with Gasteiger partial charge in [0.1, 0.15) is 4.21 Å². The van der Waals surface area contributed by atoms with Crippen molar-refractivity contribution in [2.75, 3.05) is 0 Å². The number of rotatable bonds is 6. The molecule has 2 N–H and O–H groups in total. The Balaban J connectivity index is 1.99. The average Bonchev–Trinajstić information content (AvgIpc) is 2.96. The molecular formula is C13H22N2O2S2. The second-order valence-corrected chi connectivity index (χ2v) is 8.26. The Bertz CT molecular complexity index is 502. The van der Waals surface area contributed by atoms with Crippen LogP contribution in [-0.4, -0.2) is 20.5 Å². The number of sulfonamides is 1. The number of hydrogen-bond acceptors (Lipinski definition) is 4. The van der Waals surface area contributed by atoms with Crippen LogP contribution in [0.4, 0.5) is 0 Å². The fourth-order valence-electron chi connectivity index (χ4n) is 2.23. The summed E-state index contributed by atoms with van der Waals surface area (Å²) in [7, 11) is -3.32. The molecule has 0 atom stereocenters. The first kappa shape index (κ1) is 15.0. The van der Waals surface area contributed by atoms with Crippen LogP contribution in [0.3, 0.4) is 0 Å². The van der Waals surface area contributed by atoms with Crippen molar-refractivity contribution < 1.29 is 8.42 Å². The first-order chi connectivity index (χ1) is 8.97. The Morgan fingerprint density at radius 3 is 2.68 bits per heavy atom. The van der Waals surface area contributed by atoms with Gasteiger partial charge in [0.25, 0.3) is 0 Å². The van der Waals surface area contributed by atoms with Gasteiger partial charge in [-0.05, 0) is 29.9 Å². The smallest absolute Gasteiger partial charge is 0.250 e. The van der Waals surface area contributed by atoms with Crippen LogP contribution in [0.1, 0.15) is 45.1 Å². The molecule has 1 aromatic rings. The highest BCUT2D eigenvalue weighted by atomic mass is 32.2. The molecule has 19 heavy (non-hydrogen) atoms. The van der Waals surface area contributed by atoms with Gasteiger partial charge in [0.2, 0.25) is 10.0 Å². The molecule has 1 saturated carbocycles. The van der Waals surface area contributed by atoms with Crippen molar-refractivity contribution >= 4 is 21.4 Å². The van der Waals surface area contributed by atoms with Gasteiger partial charge < -0.3 is 5.32 Å². The van der Waals surface area contributed by atoms with E-state index in [4.69, 9.17) is 0 Å². The Hall–Kier alpha value is -0.430. The summed E-state index contributed by atoms with van der Waals surface area (Å²) < 4.78 is 27.7. The molecule has 0 aromatic carbocycles. The molecule has 1 aromatic heterocycles. The van der Waals surface area contributed by atoms with Crippen molar-refractivity contribution in [3.05, 3.63) is 17.0 Å². The summed E-state index contributed by atoms with van der Waals surface area (Å²) in [4.78, 5) is 0. The third-order valence-corrected chi connectivity index (χ3v) is 6.29. The maximum atomic E-state index is 12.2. The molecule has 0 bridgehead atoms. The van der Waals surface area contributed by atoms with Crippen molar-refractivity contribution in [1.29, 1.82) is 0 Å². The topological polar surface area (TPSA) is 58.2 Å². The van der Waals surface area contributed by atoms with Gasteiger partial charge in [0.05, 0.1) is 0 Å². The second-order valence-electron chi connectivity index (χ2n) is 5.41. The van der Waals surface area contributed by atoms with E-state index in [1.165, 1.54) is 11.3 Å². The average molecular weight is 302 g/mol. The lowest BCUT2D eigenvalue weighted by atomic mass is 10.3. The summed E-state index contributed by atoms with van der Waals surface area (Å²) >= 11 is 1.30. The summed E-state index contributed by atoms with van der Waals surface area (Å²) in [5.74, 6) is 0. The Kier molecular flexibility index (Phi) is 5.00. The van der Waals surface area contributed by atoms with Gasteiger partial charge in [-0.1, -0.05) is 26.7 Å². The predicted octanol–water partition coefficient (Wildman–Crippen LogP) is 2.47. The molecule has 0 radical (unpaired) electrons. The zero-order valence-electron chi connectivity index (χ0n) is 11.5. The molecule has 1 fully saturated rings. The van der Waals surface area contributed by atoms with E-state index in [0.717, 1.165) is 31.2 Å². The minimum absolute atomic E-state index is 0.129. The van der Waals surface area contributed by atoms with Crippen molar-refractivity contribution in [2.45, 2.75) is 62.4 Å². The van der Waals surface area contributed by atoms with Crippen LogP contribution in [0.5, 0.6) is 0 Å². The van der Waals surface area contributed by atoms with E-state index in [2.05, 4.69) is 23.9 Å². The van der Waals surface area contributed by atoms with E-state index in [1.54, 1.807) is 6.07 Å². The van der Waals surface area contributed by atoms with Crippen molar-refractivity contribution in [3.63, 3.8) is 0 Å². The lowest BCUT2D eigenvalue weighted by Crippen LogP contribution is -2.32. The molecule has 1 aliphatic rings. The molecule has 6 heteroatoms. The summed E-state index contributed by atoms with van der Waals surface area (Å²) in [6, 6.07) is 2.30. The van der Waals surface area contributed by atoms with Crippen LogP contribution in [0.25, 0.3) is 0 Å². The normalized spacial score (nSPS) is 17.4. The third kappa shape index (κ3) is 4.27. The highest BCUT2D eigenvalue weighted by Crippen LogP contribution is 2.24. The van der Waals surface area contributed by atoms with Gasteiger partial charge in [-0.2, -0.15) is 0 Å². The number of nitrogens with one attached hydrogen (secondary N) is 2. The predicted molar refractivity (Wildman–Crippen MR) is 78.9 cm³/mol. The third-order valence-electron chi connectivity index (χ3n) is 3.29. The Morgan fingerprint density at radius 1 is 1.37 bits per heavy atom. The second kappa shape index (κ2) is 6.35. The fourth-order valence-corrected chi connectivity index (χ4v) is 4.76. The van der Waals surface area contributed by atoms with Crippen molar-refractivity contribution in [3.8, 4) is 0 Å². The molecule has 1 aliphatic carbocycles. The molecule has 2 rings (SSSR count). The summed E-state index contributed by atoms with van der Waals surface area (Å²) in [5, 5.41) is 5.21. The van der Waals surface area contributed by atoms with Crippen molar-refractivity contribution in [2.24, 2.45) is 0 Å². The van der Waals surface area contributed by atoms with E-state index in [9.17, 15) is 8.42 Å². The van der Waals surface area contributed by atoms with Crippen LogP contribution >= 0.6 is 11.3 Å². The van der Waals surface area contributed by atoms with Crippen LogP contribution in [-0.2, 0) is 16.6 Å². The lowest BCUT2D eigenvalue weighted by Gasteiger charge is -2.10. The summed E-state index contributed by atoms with van der Waals surface area (Å²) in [5.41, 5.74) is 1.03. The molecule has 0 aliphatic heterocycles. The minimum Gasteiger partial charge on any atom is -0.310 e. The maximum Gasteiger partial charge on any atom is 0.250 e. The number of thiophene rings is 1. The highest BCUT2D eigenvalue weighted by molar-refractivity contribution is 7.91. The number of hydrogen-bond donors (Lipinski definition) is 2. The molecule has 0 spiro atoms. The minimum atomic E-state index is -3.32. The maximum absolute atomic E-state index is 12.2. The van der Waals surface area contributed by atoms with Gasteiger partial charge >= 0.3 is 0 Å². The largest absolute Gasteiger partial charge is 0.310 e. The zero-order chi connectivity index (χ0) is 13.9.